The van der Waals surface area contributed by atoms with Gasteiger partial charge in [0.1, 0.15) is 0 Å². The second-order valence-corrected chi connectivity index (χ2v) is 6.24. The van der Waals surface area contributed by atoms with Crippen molar-refractivity contribution in [3.05, 3.63) is 24.2 Å². The van der Waals surface area contributed by atoms with Gasteiger partial charge in [-0.1, -0.05) is 0 Å². The number of aliphatic hydroxyl groups is 1. The zero-order valence-corrected chi connectivity index (χ0v) is 11.7. The first-order valence-electron chi connectivity index (χ1n) is 7.28. The van der Waals surface area contributed by atoms with Gasteiger partial charge in [0, 0.05) is 30.1 Å². The highest BCUT2D eigenvalue weighted by atomic mass is 16.3. The highest BCUT2D eigenvalue weighted by molar-refractivity contribution is 5.07. The molecule has 2 aliphatic rings. The number of furan rings is 1. The molecule has 2 aliphatic heterocycles. The molecule has 106 valence electrons. The molecule has 2 saturated heterocycles. The molecule has 0 aromatic carbocycles. The van der Waals surface area contributed by atoms with Gasteiger partial charge in [-0.2, -0.15) is 0 Å². The summed E-state index contributed by atoms with van der Waals surface area (Å²) >= 11 is 0. The van der Waals surface area contributed by atoms with Gasteiger partial charge in [-0.15, -0.1) is 0 Å². The van der Waals surface area contributed by atoms with E-state index in [4.69, 9.17) is 4.42 Å². The van der Waals surface area contributed by atoms with Crippen LogP contribution in [0.1, 0.15) is 24.8 Å². The first kappa shape index (κ1) is 13.2. The number of likely N-dealkylation sites (tertiary alicyclic amines) is 2. The quantitative estimate of drug-likeness (QED) is 0.899. The van der Waals surface area contributed by atoms with Crippen molar-refractivity contribution in [2.24, 2.45) is 5.41 Å². The van der Waals surface area contributed by atoms with Gasteiger partial charge in [0.05, 0.1) is 19.1 Å². The fourth-order valence-corrected chi connectivity index (χ4v) is 3.86. The monoisotopic (exact) mass is 264 g/mol. The molecule has 2 atom stereocenters. The number of fused-ring (bicyclic) bond motifs is 1. The Labute approximate surface area is 115 Å². The van der Waals surface area contributed by atoms with E-state index in [2.05, 4.69) is 16.8 Å². The number of likely N-dealkylation sites (N-methyl/N-ethyl adjacent to an activating group) is 1. The van der Waals surface area contributed by atoms with Gasteiger partial charge in [0.15, 0.2) is 0 Å². The summed E-state index contributed by atoms with van der Waals surface area (Å²) in [5.41, 5.74) is 1.38. The highest BCUT2D eigenvalue weighted by Gasteiger charge is 2.46. The second-order valence-electron chi connectivity index (χ2n) is 6.24. The lowest BCUT2D eigenvalue weighted by atomic mass is 9.69. The van der Waals surface area contributed by atoms with Crippen LogP contribution in [0.2, 0.25) is 0 Å². The molecule has 19 heavy (non-hydrogen) atoms. The maximum atomic E-state index is 9.88. The third-order valence-corrected chi connectivity index (χ3v) is 5.08. The van der Waals surface area contributed by atoms with Crippen LogP contribution >= 0.6 is 0 Å². The van der Waals surface area contributed by atoms with E-state index >= 15 is 0 Å². The molecule has 4 nitrogen and oxygen atoms in total. The Bertz CT molecular complexity index is 406. The van der Waals surface area contributed by atoms with Crippen molar-refractivity contribution in [3.8, 4) is 0 Å². The fraction of sp³-hybridized carbons (Fsp3) is 0.733. The summed E-state index contributed by atoms with van der Waals surface area (Å²) in [4.78, 5) is 4.94. The first-order valence-corrected chi connectivity index (χ1v) is 7.28. The molecule has 1 aromatic rings. The average Bonchev–Trinajstić information content (AvgIpc) is 2.93. The second kappa shape index (κ2) is 5.27. The average molecular weight is 264 g/mol. The van der Waals surface area contributed by atoms with Gasteiger partial charge in [-0.05, 0) is 45.5 Å². The van der Waals surface area contributed by atoms with Crippen LogP contribution in [0.15, 0.2) is 23.0 Å². The van der Waals surface area contributed by atoms with Gasteiger partial charge in [-0.3, -0.25) is 4.90 Å². The Kier molecular flexibility index (Phi) is 3.65. The molecule has 4 heteroatoms. The van der Waals surface area contributed by atoms with E-state index in [1.54, 1.807) is 6.26 Å². The summed E-state index contributed by atoms with van der Waals surface area (Å²) in [6.07, 6.45) is 7.08. The van der Waals surface area contributed by atoms with Crippen molar-refractivity contribution in [2.45, 2.75) is 31.8 Å². The normalized spacial score (nSPS) is 33.3. The molecule has 0 radical (unpaired) electrons. The van der Waals surface area contributed by atoms with Gasteiger partial charge >= 0.3 is 0 Å². The molecule has 0 unspecified atom stereocenters. The van der Waals surface area contributed by atoms with E-state index in [9.17, 15) is 5.11 Å². The summed E-state index contributed by atoms with van der Waals surface area (Å²) in [5.74, 6) is 0. The van der Waals surface area contributed by atoms with E-state index in [-0.39, 0.29) is 5.41 Å². The Morgan fingerprint density at radius 2 is 2.32 bits per heavy atom. The van der Waals surface area contributed by atoms with E-state index in [1.165, 1.54) is 18.4 Å². The molecule has 1 aromatic heterocycles. The van der Waals surface area contributed by atoms with Gasteiger partial charge in [0.2, 0.25) is 0 Å². The van der Waals surface area contributed by atoms with Gasteiger partial charge in [-0.25, -0.2) is 0 Å². The minimum Gasteiger partial charge on any atom is -0.472 e. The van der Waals surface area contributed by atoms with Crippen molar-refractivity contribution in [1.82, 2.24) is 9.80 Å². The number of nitrogens with zero attached hydrogens (tertiary/aromatic N) is 2. The SMILES string of the molecule is CN1CCC[C@]2(CO)CCN(Cc3ccoc3)C[C@@H]12. The maximum Gasteiger partial charge on any atom is 0.0947 e. The summed E-state index contributed by atoms with van der Waals surface area (Å²) in [7, 11) is 2.20. The van der Waals surface area contributed by atoms with Crippen LogP contribution in [0.4, 0.5) is 0 Å². The maximum absolute atomic E-state index is 9.88. The van der Waals surface area contributed by atoms with Crippen molar-refractivity contribution in [3.63, 3.8) is 0 Å². The Hall–Kier alpha value is -0.840. The van der Waals surface area contributed by atoms with Gasteiger partial charge < -0.3 is 14.4 Å². The Morgan fingerprint density at radius 1 is 1.42 bits per heavy atom. The zero-order valence-electron chi connectivity index (χ0n) is 11.7. The predicted octanol–water partition coefficient (Wildman–Crippen LogP) is 1.56. The molecule has 0 amide bonds. The van der Waals surface area contributed by atoms with Crippen molar-refractivity contribution in [1.29, 1.82) is 0 Å². The van der Waals surface area contributed by atoms with E-state index in [0.29, 0.717) is 12.6 Å². The summed E-state index contributed by atoms with van der Waals surface area (Å²) in [5, 5.41) is 9.88. The third kappa shape index (κ3) is 2.45. The summed E-state index contributed by atoms with van der Waals surface area (Å²) in [6, 6.07) is 2.53. The lowest BCUT2D eigenvalue weighted by Gasteiger charge is -2.53. The smallest absolute Gasteiger partial charge is 0.0947 e. The molecule has 0 spiro atoms. The first-order chi connectivity index (χ1) is 9.23. The van der Waals surface area contributed by atoms with Gasteiger partial charge in [0.25, 0.3) is 0 Å². The zero-order chi connectivity index (χ0) is 13.3. The number of rotatable bonds is 3. The Balaban J connectivity index is 1.70. The standard InChI is InChI=1S/C15H24N2O2/c1-16-6-2-4-15(12-18)5-7-17(10-14(15)16)9-13-3-8-19-11-13/h3,8,11,14,18H,2,4-7,9-10,12H2,1H3/t14-,15-/m1/s1. The predicted molar refractivity (Wildman–Crippen MR) is 73.8 cm³/mol. The van der Waals surface area contributed by atoms with Crippen LogP contribution in [0, 0.1) is 5.41 Å². The van der Waals surface area contributed by atoms with Crippen LogP contribution in [0.25, 0.3) is 0 Å². The van der Waals surface area contributed by atoms with Crippen molar-refractivity contribution < 1.29 is 9.52 Å². The van der Waals surface area contributed by atoms with E-state index < -0.39 is 0 Å². The third-order valence-electron chi connectivity index (χ3n) is 5.08. The molecule has 3 heterocycles. The number of piperidine rings is 2. The number of hydrogen-bond acceptors (Lipinski definition) is 4. The minimum absolute atomic E-state index is 0.139. The molecular weight excluding hydrogens is 240 g/mol. The number of hydrogen-bond donors (Lipinski definition) is 1. The van der Waals surface area contributed by atoms with Crippen LogP contribution in [0.5, 0.6) is 0 Å². The van der Waals surface area contributed by atoms with Crippen LogP contribution in [-0.2, 0) is 6.54 Å². The largest absolute Gasteiger partial charge is 0.472 e. The lowest BCUT2D eigenvalue weighted by molar-refractivity contribution is -0.0684. The topological polar surface area (TPSA) is 39.9 Å². The molecule has 1 N–H and O–H groups in total. The van der Waals surface area contributed by atoms with Crippen molar-refractivity contribution >= 4 is 0 Å². The summed E-state index contributed by atoms with van der Waals surface area (Å²) in [6.45, 7) is 4.59. The highest BCUT2D eigenvalue weighted by Crippen LogP contribution is 2.41. The molecular formula is C15H24N2O2. The molecule has 0 saturated carbocycles. The van der Waals surface area contributed by atoms with Crippen LogP contribution < -0.4 is 0 Å². The molecule has 0 bridgehead atoms. The van der Waals surface area contributed by atoms with Crippen molar-refractivity contribution in [2.75, 3.05) is 33.3 Å². The minimum atomic E-state index is 0.139. The van der Waals surface area contributed by atoms with Crippen LogP contribution in [0.3, 0.4) is 0 Å². The summed E-state index contributed by atoms with van der Waals surface area (Å²) < 4.78 is 5.15. The Morgan fingerprint density at radius 3 is 3.05 bits per heavy atom. The van der Waals surface area contributed by atoms with Crippen LogP contribution in [-0.4, -0.2) is 54.2 Å². The fourth-order valence-electron chi connectivity index (χ4n) is 3.86. The lowest BCUT2D eigenvalue weighted by Crippen LogP contribution is -2.61. The van der Waals surface area contributed by atoms with E-state index in [0.717, 1.165) is 32.6 Å². The number of aliphatic hydroxyl groups excluding tert-OH is 1. The molecule has 2 fully saturated rings. The molecule has 3 rings (SSSR count). The van der Waals surface area contributed by atoms with E-state index in [1.807, 2.05) is 12.3 Å². The molecule has 0 aliphatic carbocycles.